The quantitative estimate of drug-likeness (QED) is 0.900. The Balaban J connectivity index is 1.65. The van der Waals surface area contributed by atoms with Crippen molar-refractivity contribution in [1.29, 1.82) is 0 Å². The highest BCUT2D eigenvalue weighted by molar-refractivity contribution is 7.10. The van der Waals surface area contributed by atoms with Crippen molar-refractivity contribution in [3.05, 3.63) is 51.4 Å². The summed E-state index contributed by atoms with van der Waals surface area (Å²) in [4.78, 5) is 15.6. The maximum atomic E-state index is 13.7. The van der Waals surface area contributed by atoms with Crippen LogP contribution in [-0.4, -0.2) is 23.9 Å². The minimum atomic E-state index is -0.478. The SMILES string of the molecule is O=C(CN1CCC[C@@H]1c1cccs1)Nc1cc(Cl)ccc1F. The number of hydrogen-bond donors (Lipinski definition) is 1. The first kappa shape index (κ1) is 15.5. The Bertz CT molecular complexity index is 662. The van der Waals surface area contributed by atoms with E-state index < -0.39 is 5.82 Å². The molecule has 0 spiro atoms. The third kappa shape index (κ3) is 3.48. The lowest BCUT2D eigenvalue weighted by Crippen LogP contribution is -2.32. The summed E-state index contributed by atoms with van der Waals surface area (Å²) in [6.07, 6.45) is 2.13. The number of amides is 1. The van der Waals surface area contributed by atoms with E-state index >= 15 is 0 Å². The van der Waals surface area contributed by atoms with Crippen LogP contribution in [0.3, 0.4) is 0 Å². The predicted octanol–water partition coefficient (Wildman–Crippen LogP) is 4.32. The van der Waals surface area contributed by atoms with Gasteiger partial charge in [0.25, 0.3) is 0 Å². The molecule has 0 aliphatic carbocycles. The van der Waals surface area contributed by atoms with Gasteiger partial charge in [0.05, 0.1) is 12.2 Å². The monoisotopic (exact) mass is 338 g/mol. The Morgan fingerprint density at radius 3 is 3.09 bits per heavy atom. The molecule has 6 heteroatoms. The molecule has 1 fully saturated rings. The molecule has 0 unspecified atom stereocenters. The molecule has 1 saturated heterocycles. The van der Waals surface area contributed by atoms with Crippen LogP contribution in [0.4, 0.5) is 10.1 Å². The molecule has 2 heterocycles. The van der Waals surface area contributed by atoms with Crippen molar-refractivity contribution < 1.29 is 9.18 Å². The second-order valence-electron chi connectivity index (χ2n) is 5.32. The molecular weight excluding hydrogens is 323 g/mol. The van der Waals surface area contributed by atoms with Crippen molar-refractivity contribution in [3.8, 4) is 0 Å². The van der Waals surface area contributed by atoms with Crippen LogP contribution in [0.25, 0.3) is 0 Å². The summed E-state index contributed by atoms with van der Waals surface area (Å²) < 4.78 is 13.7. The predicted molar refractivity (Wildman–Crippen MR) is 87.9 cm³/mol. The standard InChI is InChI=1S/C16H16ClFN2OS/c17-11-5-6-12(18)13(9-11)19-16(21)10-20-7-1-3-14(20)15-4-2-8-22-15/h2,4-6,8-9,14H,1,3,7,10H2,(H,19,21)/t14-/m1/s1. The van der Waals surface area contributed by atoms with E-state index in [1.54, 1.807) is 11.3 Å². The van der Waals surface area contributed by atoms with Crippen LogP contribution in [0.1, 0.15) is 23.8 Å². The highest BCUT2D eigenvalue weighted by Crippen LogP contribution is 2.34. The number of nitrogens with zero attached hydrogens (tertiary/aromatic N) is 1. The Morgan fingerprint density at radius 2 is 2.32 bits per heavy atom. The third-order valence-corrected chi connectivity index (χ3v) is 4.99. The van der Waals surface area contributed by atoms with E-state index in [9.17, 15) is 9.18 Å². The zero-order valence-corrected chi connectivity index (χ0v) is 13.5. The summed E-state index contributed by atoms with van der Waals surface area (Å²) >= 11 is 7.54. The zero-order chi connectivity index (χ0) is 15.5. The largest absolute Gasteiger partial charge is 0.322 e. The second kappa shape index (κ2) is 6.77. The van der Waals surface area contributed by atoms with Crippen molar-refractivity contribution in [3.63, 3.8) is 0 Å². The second-order valence-corrected chi connectivity index (χ2v) is 6.73. The van der Waals surface area contributed by atoms with Crippen molar-refractivity contribution in [2.45, 2.75) is 18.9 Å². The summed E-state index contributed by atoms with van der Waals surface area (Å²) in [5.41, 5.74) is 0.129. The van der Waals surface area contributed by atoms with Crippen molar-refractivity contribution >= 4 is 34.5 Å². The van der Waals surface area contributed by atoms with E-state index in [1.165, 1.54) is 23.1 Å². The van der Waals surface area contributed by atoms with Gasteiger partial charge in [0, 0.05) is 15.9 Å². The molecular formula is C16H16ClFN2OS. The average molecular weight is 339 g/mol. The lowest BCUT2D eigenvalue weighted by atomic mass is 10.2. The molecule has 1 aliphatic heterocycles. The molecule has 1 aliphatic rings. The first-order valence-corrected chi connectivity index (χ1v) is 8.41. The molecule has 3 rings (SSSR count). The lowest BCUT2D eigenvalue weighted by Gasteiger charge is -2.23. The summed E-state index contributed by atoms with van der Waals surface area (Å²) in [6.45, 7) is 1.14. The Labute approximate surface area is 137 Å². The molecule has 1 atom stereocenters. The fourth-order valence-corrected chi connectivity index (χ4v) is 3.85. The molecule has 1 aromatic carbocycles. The summed E-state index contributed by atoms with van der Waals surface area (Å²) in [5.74, 6) is -0.696. The van der Waals surface area contributed by atoms with Crippen LogP contribution in [0.15, 0.2) is 35.7 Å². The molecule has 0 bridgehead atoms. The summed E-state index contributed by atoms with van der Waals surface area (Å²) in [5, 5.41) is 5.05. The van der Waals surface area contributed by atoms with Gasteiger partial charge in [0.2, 0.25) is 5.91 Å². The van der Waals surface area contributed by atoms with E-state index in [0.29, 0.717) is 5.02 Å². The van der Waals surface area contributed by atoms with E-state index in [0.717, 1.165) is 19.4 Å². The van der Waals surface area contributed by atoms with Crippen LogP contribution in [0.5, 0.6) is 0 Å². The summed E-state index contributed by atoms with van der Waals surface area (Å²) in [6, 6.07) is 8.55. The van der Waals surface area contributed by atoms with Gasteiger partial charge in [-0.3, -0.25) is 9.69 Å². The number of likely N-dealkylation sites (tertiary alicyclic amines) is 1. The number of carbonyl (C=O) groups excluding carboxylic acids is 1. The van der Waals surface area contributed by atoms with Crippen molar-refractivity contribution in [1.82, 2.24) is 4.90 Å². The fourth-order valence-electron chi connectivity index (χ4n) is 2.79. The van der Waals surface area contributed by atoms with Gasteiger partial charge in [0.15, 0.2) is 0 Å². The summed E-state index contributed by atoms with van der Waals surface area (Å²) in [7, 11) is 0. The van der Waals surface area contributed by atoms with E-state index in [2.05, 4.69) is 16.3 Å². The fraction of sp³-hybridized carbons (Fsp3) is 0.312. The molecule has 0 saturated carbocycles. The Morgan fingerprint density at radius 1 is 1.45 bits per heavy atom. The average Bonchev–Trinajstić information content (AvgIpc) is 3.13. The Hall–Kier alpha value is -1.43. The van der Waals surface area contributed by atoms with E-state index in [4.69, 9.17) is 11.6 Å². The number of anilines is 1. The topological polar surface area (TPSA) is 32.3 Å². The molecule has 22 heavy (non-hydrogen) atoms. The maximum absolute atomic E-state index is 13.7. The number of carbonyl (C=O) groups is 1. The first-order chi connectivity index (χ1) is 10.6. The molecule has 3 nitrogen and oxygen atoms in total. The molecule has 1 amide bonds. The third-order valence-electron chi connectivity index (χ3n) is 3.78. The number of nitrogens with one attached hydrogen (secondary N) is 1. The van der Waals surface area contributed by atoms with Gasteiger partial charge in [-0.25, -0.2) is 4.39 Å². The van der Waals surface area contributed by atoms with Gasteiger partial charge in [-0.2, -0.15) is 0 Å². The van der Waals surface area contributed by atoms with Crippen molar-refractivity contribution in [2.75, 3.05) is 18.4 Å². The molecule has 1 aromatic heterocycles. The van der Waals surface area contributed by atoms with Crippen molar-refractivity contribution in [2.24, 2.45) is 0 Å². The van der Waals surface area contributed by atoms with Crippen LogP contribution in [0, 0.1) is 5.82 Å². The van der Waals surface area contributed by atoms with Gasteiger partial charge in [-0.15, -0.1) is 11.3 Å². The van der Waals surface area contributed by atoms with Crippen LogP contribution >= 0.6 is 22.9 Å². The maximum Gasteiger partial charge on any atom is 0.238 e. The number of hydrogen-bond acceptors (Lipinski definition) is 3. The van der Waals surface area contributed by atoms with E-state index in [1.807, 2.05) is 11.4 Å². The van der Waals surface area contributed by atoms with E-state index in [-0.39, 0.29) is 24.2 Å². The first-order valence-electron chi connectivity index (χ1n) is 7.16. The molecule has 116 valence electrons. The molecule has 0 radical (unpaired) electrons. The van der Waals surface area contributed by atoms with Crippen LogP contribution < -0.4 is 5.32 Å². The van der Waals surface area contributed by atoms with Gasteiger partial charge < -0.3 is 5.32 Å². The number of benzene rings is 1. The van der Waals surface area contributed by atoms with Gasteiger partial charge in [0.1, 0.15) is 5.82 Å². The number of rotatable bonds is 4. The normalized spacial score (nSPS) is 18.5. The highest BCUT2D eigenvalue weighted by Gasteiger charge is 2.28. The molecule has 2 aromatic rings. The van der Waals surface area contributed by atoms with Crippen LogP contribution in [0.2, 0.25) is 5.02 Å². The van der Waals surface area contributed by atoms with Gasteiger partial charge in [-0.05, 0) is 49.0 Å². The lowest BCUT2D eigenvalue weighted by molar-refractivity contribution is -0.117. The van der Waals surface area contributed by atoms with Gasteiger partial charge in [-0.1, -0.05) is 17.7 Å². The Kier molecular flexibility index (Phi) is 4.76. The number of halogens is 2. The molecule has 1 N–H and O–H groups in total. The smallest absolute Gasteiger partial charge is 0.238 e. The minimum absolute atomic E-state index is 0.129. The van der Waals surface area contributed by atoms with Crippen LogP contribution in [-0.2, 0) is 4.79 Å². The number of thiophene rings is 1. The highest BCUT2D eigenvalue weighted by atomic mass is 35.5. The minimum Gasteiger partial charge on any atom is -0.322 e. The van der Waals surface area contributed by atoms with Gasteiger partial charge >= 0.3 is 0 Å². The zero-order valence-electron chi connectivity index (χ0n) is 11.9.